The third-order valence-electron chi connectivity index (χ3n) is 5.61. The van der Waals surface area contributed by atoms with Gasteiger partial charge >= 0.3 is 6.03 Å². The number of thiophene rings is 1. The number of halogens is 2. The molecule has 2 aromatic heterocycles. The van der Waals surface area contributed by atoms with E-state index >= 15 is 0 Å². The Labute approximate surface area is 214 Å². The van der Waals surface area contributed by atoms with Crippen LogP contribution in [-0.2, 0) is 23.1 Å². The van der Waals surface area contributed by atoms with Crippen molar-refractivity contribution < 1.29 is 13.2 Å². The van der Waals surface area contributed by atoms with Gasteiger partial charge < -0.3 is 5.32 Å². The molecule has 0 fully saturated rings. The summed E-state index contributed by atoms with van der Waals surface area (Å²) in [5, 5.41) is 4.10. The van der Waals surface area contributed by atoms with Crippen molar-refractivity contribution in [1.82, 2.24) is 14.2 Å². The largest absolute Gasteiger partial charge is 0.333 e. The maximum Gasteiger partial charge on any atom is 0.333 e. The maximum absolute atomic E-state index is 13.3. The monoisotopic (exact) mass is 548 g/mol. The number of hydrogen-bond acceptors (Lipinski definition) is 6. The minimum atomic E-state index is -4.06. The van der Waals surface area contributed by atoms with Crippen LogP contribution in [-0.4, -0.2) is 31.0 Å². The fraction of sp³-hybridized carbons (Fsp3) is 0.130. The van der Waals surface area contributed by atoms with Crippen LogP contribution in [0.25, 0.3) is 16.5 Å². The zero-order valence-corrected chi connectivity index (χ0v) is 21.4. The predicted molar refractivity (Wildman–Crippen MR) is 138 cm³/mol. The number of carbonyl (C=O) groups excluding carboxylic acids is 1. The molecule has 2 N–H and O–H groups in total. The van der Waals surface area contributed by atoms with Crippen molar-refractivity contribution in [3.05, 3.63) is 85.6 Å². The molecule has 8 nitrogen and oxygen atoms in total. The van der Waals surface area contributed by atoms with Crippen molar-refractivity contribution in [1.29, 1.82) is 0 Å². The van der Waals surface area contributed by atoms with E-state index in [1.807, 2.05) is 30.0 Å². The van der Waals surface area contributed by atoms with Crippen molar-refractivity contribution in [2.75, 3.05) is 12.4 Å². The Morgan fingerprint density at radius 3 is 2.46 bits per heavy atom. The van der Waals surface area contributed by atoms with Gasteiger partial charge in [0.25, 0.3) is 15.6 Å². The van der Waals surface area contributed by atoms with Gasteiger partial charge in [-0.15, -0.1) is 11.3 Å². The number of fused-ring (bicyclic) bond motifs is 2. The Morgan fingerprint density at radius 2 is 1.77 bits per heavy atom. The van der Waals surface area contributed by atoms with E-state index in [-0.39, 0.29) is 24.8 Å². The molecule has 0 aliphatic carbocycles. The Kier molecular flexibility index (Phi) is 6.10. The average molecular weight is 549 g/mol. The summed E-state index contributed by atoms with van der Waals surface area (Å²) in [5.41, 5.74) is 2.83. The third kappa shape index (κ3) is 4.67. The van der Waals surface area contributed by atoms with E-state index < -0.39 is 16.1 Å². The van der Waals surface area contributed by atoms with Gasteiger partial charge in [0.2, 0.25) is 0 Å². The lowest BCUT2D eigenvalue weighted by molar-refractivity contribution is 0.256. The van der Waals surface area contributed by atoms with Crippen LogP contribution in [0, 0.1) is 0 Å². The van der Waals surface area contributed by atoms with Gasteiger partial charge in [0, 0.05) is 30.4 Å². The summed E-state index contributed by atoms with van der Waals surface area (Å²) < 4.78 is 28.2. The zero-order chi connectivity index (χ0) is 24.9. The van der Waals surface area contributed by atoms with E-state index in [2.05, 4.69) is 10.2 Å². The van der Waals surface area contributed by atoms with Crippen molar-refractivity contribution in [3.8, 4) is 5.69 Å². The molecular weight excluding hydrogens is 531 g/mol. The summed E-state index contributed by atoms with van der Waals surface area (Å²) in [4.78, 5) is 27.7. The van der Waals surface area contributed by atoms with Crippen LogP contribution in [0.5, 0.6) is 0 Å². The smallest absolute Gasteiger partial charge is 0.307 e. The van der Waals surface area contributed by atoms with Gasteiger partial charge in [-0.25, -0.2) is 17.9 Å². The summed E-state index contributed by atoms with van der Waals surface area (Å²) >= 11 is 13.1. The molecular formula is C23H18Cl2N4O4S2. The summed E-state index contributed by atoms with van der Waals surface area (Å²) in [5.74, 6) is 0. The van der Waals surface area contributed by atoms with Crippen molar-refractivity contribution >= 4 is 67.1 Å². The lowest BCUT2D eigenvalue weighted by Gasteiger charge is -2.12. The first kappa shape index (κ1) is 23.8. The highest BCUT2D eigenvalue weighted by molar-refractivity contribution is 7.92. The molecule has 0 radical (unpaired) electrons. The first-order valence-corrected chi connectivity index (χ1v) is 13.4. The fourth-order valence-corrected chi connectivity index (χ4v) is 6.72. The summed E-state index contributed by atoms with van der Waals surface area (Å²) in [6.45, 7) is 1.64. The molecule has 35 heavy (non-hydrogen) atoms. The molecule has 5 rings (SSSR count). The number of nitrogens with zero attached hydrogens (tertiary/aromatic N) is 2. The van der Waals surface area contributed by atoms with Crippen LogP contribution in [0.1, 0.15) is 11.1 Å². The van der Waals surface area contributed by atoms with Gasteiger partial charge in [-0.1, -0.05) is 23.2 Å². The van der Waals surface area contributed by atoms with Crippen molar-refractivity contribution in [3.63, 3.8) is 0 Å². The first-order chi connectivity index (χ1) is 16.6. The van der Waals surface area contributed by atoms with E-state index in [9.17, 15) is 18.0 Å². The number of urea groups is 1. The Bertz CT molecular complexity index is 1660. The van der Waals surface area contributed by atoms with Crippen molar-refractivity contribution in [2.24, 2.45) is 0 Å². The molecule has 4 aromatic rings. The van der Waals surface area contributed by atoms with Gasteiger partial charge in [0.05, 0.1) is 15.0 Å². The molecule has 0 saturated carbocycles. The molecule has 3 heterocycles. The lowest BCUT2D eigenvalue weighted by Crippen LogP contribution is -2.33. The summed E-state index contributed by atoms with van der Waals surface area (Å²) in [7, 11) is -2.03. The molecule has 2 amide bonds. The van der Waals surface area contributed by atoms with Gasteiger partial charge in [-0.2, -0.15) is 0 Å². The summed E-state index contributed by atoms with van der Waals surface area (Å²) in [6, 6.07) is 12.2. The second-order valence-corrected chi connectivity index (χ2v) is 12.2. The number of nitrogens with one attached hydrogen (secondary N) is 2. The van der Waals surface area contributed by atoms with Crippen LogP contribution < -0.4 is 15.6 Å². The lowest BCUT2D eigenvalue weighted by atomic mass is 10.0. The number of hydrogen-bond donors (Lipinski definition) is 2. The molecule has 0 saturated heterocycles. The second-order valence-electron chi connectivity index (χ2n) is 8.16. The van der Waals surface area contributed by atoms with Gasteiger partial charge in [-0.3, -0.25) is 14.3 Å². The highest BCUT2D eigenvalue weighted by atomic mass is 35.5. The van der Waals surface area contributed by atoms with Crippen molar-refractivity contribution in [2.45, 2.75) is 17.3 Å². The van der Waals surface area contributed by atoms with Crippen LogP contribution in [0.3, 0.4) is 0 Å². The highest BCUT2D eigenvalue weighted by Gasteiger charge is 2.21. The number of rotatable bonds is 4. The third-order valence-corrected chi connectivity index (χ3v) is 8.97. The highest BCUT2D eigenvalue weighted by Crippen LogP contribution is 2.28. The molecule has 0 atom stereocenters. The number of sulfonamides is 1. The Hall–Kier alpha value is -2.89. The standard InChI is InChI=1S/C23H18Cl2N4O4S2/c1-28-11-14-8-13-6-7-29(22(30)17(13)9-15(14)12-28)19-3-2-16(10-18(19)24)26-23(31)27-35(32,33)21-5-4-20(25)34-21/h2-10H,11-12H2,1H3,(H2,26,27,31). The van der Waals surface area contributed by atoms with E-state index in [4.69, 9.17) is 23.2 Å². The number of amides is 2. The molecule has 1 aliphatic rings. The average Bonchev–Trinajstić information content (AvgIpc) is 3.38. The number of carbonyl (C=O) groups is 1. The normalized spacial score (nSPS) is 13.7. The minimum absolute atomic E-state index is 0.0843. The molecule has 180 valence electrons. The van der Waals surface area contributed by atoms with Crippen LogP contribution >= 0.6 is 34.5 Å². The maximum atomic E-state index is 13.3. The summed E-state index contributed by atoms with van der Waals surface area (Å²) in [6.07, 6.45) is 1.66. The van der Waals surface area contributed by atoms with Crippen LogP contribution in [0.15, 0.2) is 63.7 Å². The predicted octanol–water partition coefficient (Wildman–Crippen LogP) is 4.81. The first-order valence-electron chi connectivity index (χ1n) is 10.4. The molecule has 12 heteroatoms. The van der Waals surface area contributed by atoms with E-state index in [1.54, 1.807) is 12.3 Å². The Balaban J connectivity index is 1.39. The van der Waals surface area contributed by atoms with Crippen LogP contribution in [0.2, 0.25) is 9.36 Å². The quantitative estimate of drug-likeness (QED) is 0.381. The van der Waals surface area contributed by atoms with E-state index in [1.165, 1.54) is 34.4 Å². The van der Waals surface area contributed by atoms with E-state index in [0.29, 0.717) is 11.1 Å². The SMILES string of the molecule is CN1Cc2cc3ccn(-c4ccc(NC(=O)NS(=O)(=O)c5ccc(Cl)s5)cc4Cl)c(=O)c3cc2C1. The molecule has 0 unspecified atom stereocenters. The van der Waals surface area contributed by atoms with Gasteiger partial charge in [-0.05, 0) is 72.1 Å². The molecule has 1 aliphatic heterocycles. The second kappa shape index (κ2) is 8.96. The van der Waals surface area contributed by atoms with E-state index in [0.717, 1.165) is 35.4 Å². The van der Waals surface area contributed by atoms with Gasteiger partial charge in [0.15, 0.2) is 0 Å². The Morgan fingerprint density at radius 1 is 1.03 bits per heavy atom. The number of pyridine rings is 1. The number of aromatic nitrogens is 1. The fourth-order valence-electron chi connectivity index (χ4n) is 4.06. The number of benzene rings is 2. The molecule has 0 bridgehead atoms. The minimum Gasteiger partial charge on any atom is -0.307 e. The topological polar surface area (TPSA) is 101 Å². The zero-order valence-electron chi connectivity index (χ0n) is 18.2. The molecule has 0 spiro atoms. The van der Waals surface area contributed by atoms with Gasteiger partial charge in [0.1, 0.15) is 4.21 Å². The van der Waals surface area contributed by atoms with Crippen LogP contribution in [0.4, 0.5) is 10.5 Å². The number of anilines is 1. The molecule has 2 aromatic carbocycles.